The maximum Gasteiger partial charge on any atom is 0.348 e. The number of benzene rings is 1. The first-order valence-electron chi connectivity index (χ1n) is 5.17. The predicted octanol–water partition coefficient (Wildman–Crippen LogP) is 1.17. The van der Waals surface area contributed by atoms with Gasteiger partial charge < -0.3 is 14.9 Å². The predicted molar refractivity (Wildman–Crippen MR) is 59.8 cm³/mol. The van der Waals surface area contributed by atoms with Crippen LogP contribution in [0.4, 0.5) is 0 Å². The molecule has 5 heteroatoms. The van der Waals surface area contributed by atoms with Crippen molar-refractivity contribution in [2.45, 2.75) is 18.9 Å². The second kappa shape index (κ2) is 5.45. The van der Waals surface area contributed by atoms with Crippen LogP contribution >= 0.6 is 0 Å². The minimum atomic E-state index is -2.21. The Kier molecular flexibility index (Phi) is 4.23. The lowest BCUT2D eigenvalue weighted by Gasteiger charge is -2.24. The van der Waals surface area contributed by atoms with Gasteiger partial charge in [-0.25, -0.2) is 9.59 Å². The Labute approximate surface area is 98.6 Å². The van der Waals surface area contributed by atoms with E-state index in [-0.39, 0.29) is 13.0 Å². The van der Waals surface area contributed by atoms with Crippen molar-refractivity contribution < 1.29 is 24.5 Å². The SMILES string of the molecule is CCOC(Cc1ccccc1)(C(=O)O)C(=O)O. The van der Waals surface area contributed by atoms with E-state index >= 15 is 0 Å². The molecule has 2 N–H and O–H groups in total. The first-order valence-corrected chi connectivity index (χ1v) is 5.17. The van der Waals surface area contributed by atoms with Crippen LogP contribution in [0, 0.1) is 0 Å². The van der Waals surface area contributed by atoms with Gasteiger partial charge in [0.05, 0.1) is 0 Å². The number of carboxylic acids is 2. The average molecular weight is 238 g/mol. The van der Waals surface area contributed by atoms with E-state index < -0.39 is 17.5 Å². The van der Waals surface area contributed by atoms with Gasteiger partial charge in [0.15, 0.2) is 0 Å². The van der Waals surface area contributed by atoms with Crippen molar-refractivity contribution in [3.05, 3.63) is 35.9 Å². The summed E-state index contributed by atoms with van der Waals surface area (Å²) in [6, 6.07) is 8.54. The molecule has 0 saturated carbocycles. The Hall–Kier alpha value is -1.88. The van der Waals surface area contributed by atoms with Crippen LogP contribution in [0.5, 0.6) is 0 Å². The van der Waals surface area contributed by atoms with Crippen molar-refractivity contribution in [2.75, 3.05) is 6.61 Å². The zero-order valence-electron chi connectivity index (χ0n) is 9.42. The van der Waals surface area contributed by atoms with Crippen LogP contribution in [0.1, 0.15) is 12.5 Å². The fourth-order valence-electron chi connectivity index (χ4n) is 1.55. The van der Waals surface area contributed by atoms with E-state index in [1.165, 1.54) is 0 Å². The first kappa shape index (κ1) is 13.2. The molecule has 0 aromatic heterocycles. The lowest BCUT2D eigenvalue weighted by molar-refractivity contribution is -0.182. The molecule has 0 spiro atoms. The number of aliphatic carboxylic acids is 2. The maximum atomic E-state index is 11.2. The topological polar surface area (TPSA) is 83.8 Å². The van der Waals surface area contributed by atoms with Crippen LogP contribution in [0.3, 0.4) is 0 Å². The Bertz CT molecular complexity index is 385. The lowest BCUT2D eigenvalue weighted by Crippen LogP contribution is -2.51. The minimum Gasteiger partial charge on any atom is -0.479 e. The van der Waals surface area contributed by atoms with Crippen LogP contribution in [0.15, 0.2) is 30.3 Å². The number of carbonyl (C=O) groups is 2. The number of rotatable bonds is 6. The Morgan fingerprint density at radius 1 is 1.18 bits per heavy atom. The molecule has 0 unspecified atom stereocenters. The summed E-state index contributed by atoms with van der Waals surface area (Å²) in [6.45, 7) is 1.58. The highest BCUT2D eigenvalue weighted by molar-refractivity contribution is 6.02. The zero-order chi connectivity index (χ0) is 12.9. The molecule has 0 radical (unpaired) electrons. The molecule has 0 aliphatic rings. The summed E-state index contributed by atoms with van der Waals surface area (Å²) in [7, 11) is 0. The normalized spacial score (nSPS) is 11.1. The van der Waals surface area contributed by atoms with Gasteiger partial charge >= 0.3 is 11.9 Å². The van der Waals surface area contributed by atoms with E-state index in [1.807, 2.05) is 0 Å². The van der Waals surface area contributed by atoms with Gasteiger partial charge in [0, 0.05) is 13.0 Å². The highest BCUT2D eigenvalue weighted by Gasteiger charge is 2.47. The van der Waals surface area contributed by atoms with Gasteiger partial charge in [-0.05, 0) is 12.5 Å². The summed E-state index contributed by atoms with van der Waals surface area (Å²) in [5, 5.41) is 18.2. The lowest BCUT2D eigenvalue weighted by atomic mass is 9.94. The molecule has 0 fully saturated rings. The van der Waals surface area contributed by atoms with Gasteiger partial charge in [-0.3, -0.25) is 0 Å². The van der Waals surface area contributed by atoms with Gasteiger partial charge in [-0.1, -0.05) is 30.3 Å². The molecule has 1 rings (SSSR count). The van der Waals surface area contributed by atoms with Crippen molar-refractivity contribution in [2.24, 2.45) is 0 Å². The number of carboxylic acid groups (broad SMARTS) is 2. The number of hydrogen-bond donors (Lipinski definition) is 2. The zero-order valence-corrected chi connectivity index (χ0v) is 9.42. The first-order chi connectivity index (χ1) is 8.03. The fourth-order valence-corrected chi connectivity index (χ4v) is 1.55. The second-order valence-electron chi connectivity index (χ2n) is 3.53. The van der Waals surface area contributed by atoms with Crippen molar-refractivity contribution in [1.29, 1.82) is 0 Å². The standard InChI is InChI=1S/C12H14O5/c1-2-17-12(10(13)14,11(15)16)8-9-6-4-3-5-7-9/h3-7H,2,8H2,1H3,(H,13,14)(H,15,16). The van der Waals surface area contributed by atoms with Crippen LogP contribution in [-0.2, 0) is 20.7 Å². The van der Waals surface area contributed by atoms with Crippen molar-refractivity contribution in [1.82, 2.24) is 0 Å². The monoisotopic (exact) mass is 238 g/mol. The van der Waals surface area contributed by atoms with Crippen LogP contribution in [-0.4, -0.2) is 34.4 Å². The number of ether oxygens (including phenoxy) is 1. The van der Waals surface area contributed by atoms with Gasteiger partial charge in [0.25, 0.3) is 5.60 Å². The van der Waals surface area contributed by atoms with Gasteiger partial charge in [0.1, 0.15) is 0 Å². The van der Waals surface area contributed by atoms with E-state index in [0.29, 0.717) is 5.56 Å². The van der Waals surface area contributed by atoms with Gasteiger partial charge in [-0.2, -0.15) is 0 Å². The molecule has 0 bridgehead atoms. The third-order valence-electron chi connectivity index (χ3n) is 2.38. The molecule has 1 aromatic carbocycles. The van der Waals surface area contributed by atoms with Gasteiger partial charge in [-0.15, -0.1) is 0 Å². The third-order valence-corrected chi connectivity index (χ3v) is 2.38. The molecule has 1 aromatic rings. The Balaban J connectivity index is 3.06. The molecular weight excluding hydrogens is 224 g/mol. The van der Waals surface area contributed by atoms with Crippen LogP contribution in [0.2, 0.25) is 0 Å². The minimum absolute atomic E-state index is 0.0193. The molecule has 92 valence electrons. The largest absolute Gasteiger partial charge is 0.479 e. The van der Waals surface area contributed by atoms with E-state index in [9.17, 15) is 9.59 Å². The molecular formula is C12H14O5. The summed E-state index contributed by atoms with van der Waals surface area (Å²) in [5.74, 6) is -2.98. The summed E-state index contributed by atoms with van der Waals surface area (Å²) in [4.78, 5) is 22.3. The van der Waals surface area contributed by atoms with Crippen molar-refractivity contribution in [3.63, 3.8) is 0 Å². The smallest absolute Gasteiger partial charge is 0.348 e. The van der Waals surface area contributed by atoms with E-state index in [2.05, 4.69) is 0 Å². The second-order valence-corrected chi connectivity index (χ2v) is 3.53. The van der Waals surface area contributed by atoms with Gasteiger partial charge in [0.2, 0.25) is 0 Å². The van der Waals surface area contributed by atoms with Crippen molar-refractivity contribution >= 4 is 11.9 Å². The quantitative estimate of drug-likeness (QED) is 0.727. The van der Waals surface area contributed by atoms with E-state index in [4.69, 9.17) is 14.9 Å². The van der Waals surface area contributed by atoms with E-state index in [1.54, 1.807) is 37.3 Å². The summed E-state index contributed by atoms with van der Waals surface area (Å²) < 4.78 is 4.96. The van der Waals surface area contributed by atoms with Crippen molar-refractivity contribution in [3.8, 4) is 0 Å². The van der Waals surface area contributed by atoms with Crippen LogP contribution in [0.25, 0.3) is 0 Å². The summed E-state index contributed by atoms with van der Waals surface area (Å²) in [6.07, 6.45) is -0.202. The third kappa shape index (κ3) is 2.82. The molecule has 0 heterocycles. The van der Waals surface area contributed by atoms with Crippen LogP contribution < -0.4 is 0 Å². The molecule has 5 nitrogen and oxygen atoms in total. The fraction of sp³-hybridized carbons (Fsp3) is 0.333. The number of hydrogen-bond acceptors (Lipinski definition) is 3. The molecule has 0 amide bonds. The summed E-state index contributed by atoms with van der Waals surface area (Å²) in [5.41, 5.74) is -1.61. The summed E-state index contributed by atoms with van der Waals surface area (Å²) >= 11 is 0. The Morgan fingerprint density at radius 2 is 1.71 bits per heavy atom. The highest BCUT2D eigenvalue weighted by atomic mass is 16.5. The van der Waals surface area contributed by atoms with E-state index in [0.717, 1.165) is 0 Å². The molecule has 0 aliphatic carbocycles. The molecule has 0 atom stereocenters. The molecule has 17 heavy (non-hydrogen) atoms. The Morgan fingerprint density at radius 3 is 2.12 bits per heavy atom. The highest BCUT2D eigenvalue weighted by Crippen LogP contribution is 2.19. The molecule has 0 saturated heterocycles. The average Bonchev–Trinajstić information content (AvgIpc) is 2.29. The maximum absolute atomic E-state index is 11.2. The molecule has 0 aliphatic heterocycles.